The standard InChI is InChI=1S/C9H11ClN2O5/c1-17-9-6(12(15)16)2-5(4-11-9)8(14)7(13)3-10/h2,4,7-8,13-14H,3H2,1H3. The molecule has 0 bridgehead atoms. The van der Waals surface area contributed by atoms with Gasteiger partial charge < -0.3 is 14.9 Å². The molecular weight excluding hydrogens is 252 g/mol. The summed E-state index contributed by atoms with van der Waals surface area (Å²) in [6.07, 6.45) is -1.36. The Balaban J connectivity index is 3.12. The van der Waals surface area contributed by atoms with Crippen LogP contribution in [0.5, 0.6) is 5.88 Å². The minimum absolute atomic E-state index is 0.102. The van der Waals surface area contributed by atoms with Gasteiger partial charge in [-0.25, -0.2) is 4.98 Å². The van der Waals surface area contributed by atoms with Gasteiger partial charge in [-0.2, -0.15) is 0 Å². The Hall–Kier alpha value is -1.44. The average Bonchev–Trinajstić information content (AvgIpc) is 2.35. The predicted molar refractivity (Wildman–Crippen MR) is 59.1 cm³/mol. The van der Waals surface area contributed by atoms with E-state index in [1.54, 1.807) is 0 Å². The maximum atomic E-state index is 10.7. The zero-order chi connectivity index (χ0) is 13.0. The summed E-state index contributed by atoms with van der Waals surface area (Å²) < 4.78 is 4.71. The quantitative estimate of drug-likeness (QED) is 0.458. The summed E-state index contributed by atoms with van der Waals surface area (Å²) in [6.45, 7) is 0. The van der Waals surface area contributed by atoms with Crippen LogP contribution < -0.4 is 4.74 Å². The van der Waals surface area contributed by atoms with E-state index in [0.717, 1.165) is 6.07 Å². The molecule has 1 rings (SSSR count). The van der Waals surface area contributed by atoms with Crippen molar-refractivity contribution in [2.24, 2.45) is 0 Å². The van der Waals surface area contributed by atoms with Crippen LogP contribution >= 0.6 is 11.6 Å². The Morgan fingerprint density at radius 2 is 2.29 bits per heavy atom. The molecule has 7 nitrogen and oxygen atoms in total. The molecule has 0 saturated carbocycles. The van der Waals surface area contributed by atoms with Crippen LogP contribution in [0.15, 0.2) is 12.3 Å². The van der Waals surface area contributed by atoms with Crippen LogP contribution in [-0.4, -0.2) is 39.2 Å². The van der Waals surface area contributed by atoms with E-state index in [9.17, 15) is 20.3 Å². The molecule has 94 valence electrons. The van der Waals surface area contributed by atoms with Crippen LogP contribution in [0.3, 0.4) is 0 Å². The van der Waals surface area contributed by atoms with Crippen molar-refractivity contribution in [3.63, 3.8) is 0 Å². The first-order valence-electron chi connectivity index (χ1n) is 4.61. The second kappa shape index (κ2) is 5.76. The van der Waals surface area contributed by atoms with Crippen LogP contribution in [0.4, 0.5) is 5.69 Å². The zero-order valence-electron chi connectivity index (χ0n) is 8.91. The Bertz CT molecular complexity index is 414. The van der Waals surface area contributed by atoms with Gasteiger partial charge in [0.05, 0.1) is 24.0 Å². The van der Waals surface area contributed by atoms with Crippen molar-refractivity contribution in [3.05, 3.63) is 27.9 Å². The van der Waals surface area contributed by atoms with Gasteiger partial charge in [0.1, 0.15) is 6.10 Å². The molecule has 0 saturated heterocycles. The van der Waals surface area contributed by atoms with E-state index < -0.39 is 17.1 Å². The van der Waals surface area contributed by atoms with Crippen molar-refractivity contribution < 1.29 is 19.9 Å². The number of nitro groups is 1. The lowest BCUT2D eigenvalue weighted by atomic mass is 10.1. The molecule has 2 N–H and O–H groups in total. The molecule has 0 amide bonds. The Labute approximate surface area is 102 Å². The largest absolute Gasteiger partial charge is 0.476 e. The molecule has 1 aromatic heterocycles. The molecule has 0 spiro atoms. The molecule has 2 atom stereocenters. The maximum Gasteiger partial charge on any atom is 0.331 e. The second-order valence-corrected chi connectivity index (χ2v) is 3.53. The number of aromatic nitrogens is 1. The van der Waals surface area contributed by atoms with E-state index in [0.29, 0.717) is 0 Å². The number of rotatable bonds is 5. The van der Waals surface area contributed by atoms with Crippen molar-refractivity contribution >= 4 is 17.3 Å². The smallest absolute Gasteiger partial charge is 0.331 e. The summed E-state index contributed by atoms with van der Waals surface area (Å²) >= 11 is 5.37. The number of aliphatic hydroxyl groups is 2. The highest BCUT2D eigenvalue weighted by Gasteiger charge is 2.23. The summed E-state index contributed by atoms with van der Waals surface area (Å²) in [5.74, 6) is -0.354. The fourth-order valence-electron chi connectivity index (χ4n) is 1.21. The number of nitrogens with zero attached hydrogens (tertiary/aromatic N) is 2. The van der Waals surface area contributed by atoms with Gasteiger partial charge in [0, 0.05) is 17.8 Å². The lowest BCUT2D eigenvalue weighted by Crippen LogP contribution is -2.20. The Kier molecular flexibility index (Phi) is 4.62. The minimum Gasteiger partial charge on any atom is -0.476 e. The third-order valence-corrected chi connectivity index (χ3v) is 2.42. The molecule has 0 fully saturated rings. The molecule has 8 heteroatoms. The zero-order valence-corrected chi connectivity index (χ0v) is 9.66. The Morgan fingerprint density at radius 1 is 1.65 bits per heavy atom. The third kappa shape index (κ3) is 3.02. The van der Waals surface area contributed by atoms with E-state index in [-0.39, 0.29) is 23.0 Å². The summed E-state index contributed by atoms with van der Waals surface area (Å²) in [7, 11) is 1.25. The van der Waals surface area contributed by atoms with E-state index in [1.807, 2.05) is 0 Å². The first kappa shape index (κ1) is 13.6. The van der Waals surface area contributed by atoms with Gasteiger partial charge in [0.25, 0.3) is 5.88 Å². The average molecular weight is 263 g/mol. The molecule has 17 heavy (non-hydrogen) atoms. The molecule has 1 aromatic rings. The molecular formula is C9H11ClN2O5. The monoisotopic (exact) mass is 262 g/mol. The number of alkyl halides is 1. The first-order chi connectivity index (χ1) is 8.01. The number of hydrogen-bond acceptors (Lipinski definition) is 6. The number of aliphatic hydroxyl groups excluding tert-OH is 2. The molecule has 0 aliphatic heterocycles. The van der Waals surface area contributed by atoms with Gasteiger partial charge in [-0.05, 0) is 0 Å². The SMILES string of the molecule is COc1ncc(C(O)C(O)CCl)cc1[N+](=O)[O-]. The molecule has 0 aliphatic carbocycles. The third-order valence-electron chi connectivity index (χ3n) is 2.11. The summed E-state index contributed by atoms with van der Waals surface area (Å²) in [6, 6.07) is 1.09. The second-order valence-electron chi connectivity index (χ2n) is 3.22. The van der Waals surface area contributed by atoms with Crippen molar-refractivity contribution in [2.45, 2.75) is 12.2 Å². The van der Waals surface area contributed by atoms with Gasteiger partial charge in [-0.15, -0.1) is 11.6 Å². The van der Waals surface area contributed by atoms with Gasteiger partial charge >= 0.3 is 5.69 Å². The van der Waals surface area contributed by atoms with E-state index in [2.05, 4.69) is 4.98 Å². The molecule has 0 aliphatic rings. The first-order valence-corrected chi connectivity index (χ1v) is 5.15. The van der Waals surface area contributed by atoms with Crippen LogP contribution in [0.2, 0.25) is 0 Å². The van der Waals surface area contributed by atoms with Crippen LogP contribution in [0.25, 0.3) is 0 Å². The van der Waals surface area contributed by atoms with Crippen LogP contribution in [-0.2, 0) is 0 Å². The van der Waals surface area contributed by atoms with E-state index in [4.69, 9.17) is 16.3 Å². The number of pyridine rings is 1. The van der Waals surface area contributed by atoms with Crippen molar-refractivity contribution in [2.75, 3.05) is 13.0 Å². The molecule has 0 radical (unpaired) electrons. The van der Waals surface area contributed by atoms with Gasteiger partial charge in [0.2, 0.25) is 0 Å². The van der Waals surface area contributed by atoms with E-state index >= 15 is 0 Å². The van der Waals surface area contributed by atoms with Crippen molar-refractivity contribution in [3.8, 4) is 5.88 Å². The molecule has 2 unspecified atom stereocenters. The summed E-state index contributed by atoms with van der Waals surface area (Å²) in [5.41, 5.74) is -0.281. The van der Waals surface area contributed by atoms with Crippen LogP contribution in [0, 0.1) is 10.1 Å². The normalized spacial score (nSPS) is 14.1. The Morgan fingerprint density at radius 3 is 2.76 bits per heavy atom. The lowest BCUT2D eigenvalue weighted by molar-refractivity contribution is -0.386. The maximum absolute atomic E-state index is 10.7. The molecule has 0 aromatic carbocycles. The number of hydrogen-bond donors (Lipinski definition) is 2. The highest BCUT2D eigenvalue weighted by molar-refractivity contribution is 6.18. The fourth-order valence-corrected chi connectivity index (χ4v) is 1.38. The fraction of sp³-hybridized carbons (Fsp3) is 0.444. The number of halogens is 1. The topological polar surface area (TPSA) is 106 Å². The molecule has 1 heterocycles. The van der Waals surface area contributed by atoms with Crippen LogP contribution in [0.1, 0.15) is 11.7 Å². The summed E-state index contributed by atoms with van der Waals surface area (Å²) in [5, 5.41) is 29.7. The van der Waals surface area contributed by atoms with E-state index in [1.165, 1.54) is 13.3 Å². The highest BCUT2D eigenvalue weighted by Crippen LogP contribution is 2.28. The number of ether oxygens (including phenoxy) is 1. The van der Waals surface area contributed by atoms with Crippen molar-refractivity contribution in [1.29, 1.82) is 0 Å². The van der Waals surface area contributed by atoms with Gasteiger partial charge in [-0.3, -0.25) is 10.1 Å². The van der Waals surface area contributed by atoms with Crippen molar-refractivity contribution in [1.82, 2.24) is 4.98 Å². The lowest BCUT2D eigenvalue weighted by Gasteiger charge is -2.15. The predicted octanol–water partition coefficient (Wildman–Crippen LogP) is 0.631. The van der Waals surface area contributed by atoms with Gasteiger partial charge in [-0.1, -0.05) is 0 Å². The highest BCUT2D eigenvalue weighted by atomic mass is 35.5. The van der Waals surface area contributed by atoms with Gasteiger partial charge in [0.15, 0.2) is 0 Å². The minimum atomic E-state index is -1.33. The number of methoxy groups -OCH3 is 1. The summed E-state index contributed by atoms with van der Waals surface area (Å²) in [4.78, 5) is 13.7.